The highest BCUT2D eigenvalue weighted by Gasteiger charge is 2.29. The maximum atomic E-state index is 12.6. The second-order valence-electron chi connectivity index (χ2n) is 8.27. The average molecular weight is 478 g/mol. The molecule has 2 amide bonds. The van der Waals surface area contributed by atoms with Crippen LogP contribution in [-0.2, 0) is 26.2 Å². The highest BCUT2D eigenvalue weighted by molar-refractivity contribution is 7.89. The van der Waals surface area contributed by atoms with Crippen molar-refractivity contribution < 1.29 is 27.2 Å². The number of nitrogens with one attached hydrogen (secondary N) is 3. The summed E-state index contributed by atoms with van der Waals surface area (Å²) in [7, 11) is -2.07. The molecule has 1 saturated carbocycles. The molecule has 1 heterocycles. The number of carbonyl (C=O) groups excluding carboxylic acids is 2. The smallest absolute Gasteiger partial charge is 0.242 e. The van der Waals surface area contributed by atoms with Crippen molar-refractivity contribution in [3.05, 3.63) is 48.4 Å². The summed E-state index contributed by atoms with van der Waals surface area (Å²) < 4.78 is 37.9. The number of ether oxygens (including phenoxy) is 1. The van der Waals surface area contributed by atoms with Crippen molar-refractivity contribution in [3.8, 4) is 5.75 Å². The quantitative estimate of drug-likeness (QED) is 0.482. The number of carbonyl (C=O) groups is 2. The van der Waals surface area contributed by atoms with Gasteiger partial charge in [0.25, 0.3) is 0 Å². The maximum Gasteiger partial charge on any atom is 0.242 e. The van der Waals surface area contributed by atoms with Crippen molar-refractivity contribution in [1.29, 1.82) is 0 Å². The van der Waals surface area contributed by atoms with Crippen molar-refractivity contribution >= 4 is 21.8 Å². The first kappa shape index (κ1) is 24.8. The normalized spacial score (nSPS) is 19.5. The van der Waals surface area contributed by atoms with Crippen LogP contribution in [0.4, 0.5) is 0 Å². The first-order valence-corrected chi connectivity index (χ1v) is 12.5. The maximum absolute atomic E-state index is 12.6. The zero-order chi connectivity index (χ0) is 23.8. The lowest BCUT2D eigenvalue weighted by Crippen LogP contribution is -2.47. The molecular weight excluding hydrogens is 446 g/mol. The SMILES string of the molecule is COc1ccc(S(=O)(=O)NCC2CCC(C(=O)NC(C)C(=O)NCc3ccco3)CC2)cc1. The van der Waals surface area contributed by atoms with Crippen LogP contribution in [0.5, 0.6) is 5.75 Å². The van der Waals surface area contributed by atoms with Crippen molar-refractivity contribution in [1.82, 2.24) is 15.4 Å². The van der Waals surface area contributed by atoms with Crippen molar-refractivity contribution in [2.24, 2.45) is 11.8 Å². The van der Waals surface area contributed by atoms with Crippen LogP contribution >= 0.6 is 0 Å². The largest absolute Gasteiger partial charge is 0.497 e. The average Bonchev–Trinajstić information content (AvgIpc) is 3.35. The molecule has 180 valence electrons. The Bertz CT molecular complexity index is 1010. The van der Waals surface area contributed by atoms with E-state index in [1.54, 1.807) is 31.2 Å². The minimum absolute atomic E-state index is 0.145. The van der Waals surface area contributed by atoms with E-state index >= 15 is 0 Å². The van der Waals surface area contributed by atoms with E-state index in [1.165, 1.54) is 25.5 Å². The number of benzene rings is 1. The van der Waals surface area contributed by atoms with Crippen molar-refractivity contribution in [3.63, 3.8) is 0 Å². The lowest BCUT2D eigenvalue weighted by atomic mass is 9.81. The van der Waals surface area contributed by atoms with Crippen LogP contribution in [0, 0.1) is 11.8 Å². The number of sulfonamides is 1. The molecule has 1 aliphatic rings. The molecule has 1 unspecified atom stereocenters. The van der Waals surface area contributed by atoms with E-state index in [2.05, 4.69) is 15.4 Å². The predicted octanol–water partition coefficient (Wildman–Crippen LogP) is 2.19. The second-order valence-corrected chi connectivity index (χ2v) is 10.0. The molecule has 3 rings (SSSR count). The molecule has 3 N–H and O–H groups in total. The first-order chi connectivity index (χ1) is 15.8. The van der Waals surface area contributed by atoms with E-state index in [0.29, 0.717) is 30.9 Å². The zero-order valence-corrected chi connectivity index (χ0v) is 19.7. The van der Waals surface area contributed by atoms with Gasteiger partial charge < -0.3 is 19.8 Å². The van der Waals surface area contributed by atoms with E-state index in [9.17, 15) is 18.0 Å². The summed E-state index contributed by atoms with van der Waals surface area (Å²) in [5, 5.41) is 5.51. The summed E-state index contributed by atoms with van der Waals surface area (Å²) in [6.45, 7) is 2.24. The van der Waals surface area contributed by atoms with E-state index in [4.69, 9.17) is 9.15 Å². The van der Waals surface area contributed by atoms with Gasteiger partial charge >= 0.3 is 0 Å². The molecule has 0 aliphatic heterocycles. The molecule has 10 heteroatoms. The summed E-state index contributed by atoms with van der Waals surface area (Å²) in [6.07, 6.45) is 4.32. The number of hydrogen-bond acceptors (Lipinski definition) is 6. The number of methoxy groups -OCH3 is 1. The minimum atomic E-state index is -3.60. The molecule has 1 aromatic heterocycles. The number of hydrogen-bond donors (Lipinski definition) is 3. The van der Waals surface area contributed by atoms with Gasteiger partial charge in [-0.3, -0.25) is 9.59 Å². The molecule has 9 nitrogen and oxygen atoms in total. The van der Waals surface area contributed by atoms with Gasteiger partial charge in [-0.2, -0.15) is 0 Å². The Kier molecular flexibility index (Phi) is 8.51. The third-order valence-corrected chi connectivity index (χ3v) is 7.36. The van der Waals surface area contributed by atoms with Crippen LogP contribution in [-0.4, -0.2) is 39.9 Å². The second kappa shape index (κ2) is 11.3. The van der Waals surface area contributed by atoms with Gasteiger partial charge in [0.05, 0.1) is 24.8 Å². The van der Waals surface area contributed by atoms with Crippen molar-refractivity contribution in [2.45, 2.75) is 50.1 Å². The minimum Gasteiger partial charge on any atom is -0.497 e. The highest BCUT2D eigenvalue weighted by Crippen LogP contribution is 2.29. The monoisotopic (exact) mass is 477 g/mol. The fraction of sp³-hybridized carbons (Fsp3) is 0.478. The first-order valence-electron chi connectivity index (χ1n) is 11.0. The number of rotatable bonds is 10. The van der Waals surface area contributed by atoms with Crippen LogP contribution in [0.25, 0.3) is 0 Å². The van der Waals surface area contributed by atoms with Crippen LogP contribution in [0.15, 0.2) is 52.0 Å². The predicted molar refractivity (Wildman–Crippen MR) is 122 cm³/mol. The summed E-state index contributed by atoms with van der Waals surface area (Å²) in [6, 6.07) is 9.09. The highest BCUT2D eigenvalue weighted by atomic mass is 32.2. The summed E-state index contributed by atoms with van der Waals surface area (Å²) in [5.41, 5.74) is 0. The summed E-state index contributed by atoms with van der Waals surface area (Å²) in [4.78, 5) is 25.0. The Morgan fingerprint density at radius 3 is 2.42 bits per heavy atom. The van der Waals surface area contributed by atoms with Crippen LogP contribution in [0.3, 0.4) is 0 Å². The van der Waals surface area contributed by atoms with Gasteiger partial charge in [0.1, 0.15) is 17.6 Å². The third kappa shape index (κ3) is 7.06. The van der Waals surface area contributed by atoms with Gasteiger partial charge in [-0.25, -0.2) is 13.1 Å². The van der Waals surface area contributed by atoms with E-state index in [0.717, 1.165) is 12.8 Å². The Balaban J connectivity index is 1.39. The molecule has 1 atom stereocenters. The number of furan rings is 1. The van der Waals surface area contributed by atoms with E-state index in [1.807, 2.05) is 0 Å². The molecule has 1 aliphatic carbocycles. The lowest BCUT2D eigenvalue weighted by Gasteiger charge is -2.28. The van der Waals surface area contributed by atoms with Gasteiger partial charge in [0.15, 0.2) is 0 Å². The van der Waals surface area contributed by atoms with Gasteiger partial charge in [0, 0.05) is 12.5 Å². The molecule has 33 heavy (non-hydrogen) atoms. The van der Waals surface area contributed by atoms with Gasteiger partial charge in [-0.1, -0.05) is 0 Å². The zero-order valence-electron chi connectivity index (χ0n) is 18.9. The molecule has 1 fully saturated rings. The summed E-state index contributed by atoms with van der Waals surface area (Å²) >= 11 is 0. The molecule has 2 aromatic rings. The Hall–Kier alpha value is -2.85. The Morgan fingerprint density at radius 2 is 1.82 bits per heavy atom. The molecular formula is C23H31N3O6S. The molecule has 0 spiro atoms. The van der Waals surface area contributed by atoms with E-state index in [-0.39, 0.29) is 35.1 Å². The van der Waals surface area contributed by atoms with Crippen LogP contribution in [0.2, 0.25) is 0 Å². The molecule has 1 aromatic carbocycles. The van der Waals surface area contributed by atoms with Gasteiger partial charge in [-0.05, 0) is 74.9 Å². The van der Waals surface area contributed by atoms with Crippen LogP contribution < -0.4 is 20.1 Å². The number of amides is 2. The van der Waals surface area contributed by atoms with Gasteiger partial charge in [0.2, 0.25) is 21.8 Å². The van der Waals surface area contributed by atoms with Crippen LogP contribution in [0.1, 0.15) is 38.4 Å². The van der Waals surface area contributed by atoms with E-state index < -0.39 is 16.1 Å². The molecule has 0 saturated heterocycles. The van der Waals surface area contributed by atoms with Crippen molar-refractivity contribution in [2.75, 3.05) is 13.7 Å². The molecule has 0 bridgehead atoms. The topological polar surface area (TPSA) is 127 Å². The summed E-state index contributed by atoms with van der Waals surface area (Å²) in [5.74, 6) is 0.794. The fourth-order valence-corrected chi connectivity index (χ4v) is 4.95. The Morgan fingerprint density at radius 1 is 1.12 bits per heavy atom. The standard InChI is InChI=1S/C23H31N3O6S/c1-16(22(27)24-15-20-4-3-13-32-20)26-23(28)18-7-5-17(6-8-18)14-25-33(29,30)21-11-9-19(31-2)10-12-21/h3-4,9-13,16-18,25H,5-8,14-15H2,1-2H3,(H,24,27)(H,26,28). The lowest BCUT2D eigenvalue weighted by molar-refractivity contribution is -0.131. The third-order valence-electron chi connectivity index (χ3n) is 5.92. The fourth-order valence-electron chi connectivity index (χ4n) is 3.83. The van der Waals surface area contributed by atoms with Gasteiger partial charge in [-0.15, -0.1) is 0 Å². The molecule has 0 radical (unpaired) electrons. The Labute approximate surface area is 194 Å².